The zero-order valence-corrected chi connectivity index (χ0v) is 9.86. The lowest BCUT2D eigenvalue weighted by atomic mass is 10.5. The quantitative estimate of drug-likeness (QED) is 0.497. The highest BCUT2D eigenvalue weighted by Gasteiger charge is 2.16. The molecule has 0 atom stereocenters. The number of hydrogen-bond donors (Lipinski definition) is 3. The molecular weight excluding hydrogens is 266 g/mol. The summed E-state index contributed by atoms with van der Waals surface area (Å²) in [6.45, 7) is 0. The molecule has 17 heavy (non-hydrogen) atoms. The number of anilines is 2. The number of nitrogens with zero attached hydrogens (tertiary/aromatic N) is 4. The van der Waals surface area contributed by atoms with Crippen LogP contribution in [-0.2, 0) is 10.0 Å². The van der Waals surface area contributed by atoms with Gasteiger partial charge in [0.2, 0.25) is 5.13 Å². The molecule has 0 aliphatic rings. The van der Waals surface area contributed by atoms with Crippen molar-refractivity contribution in [1.29, 1.82) is 0 Å². The molecule has 0 fully saturated rings. The fraction of sp³-hybridized carbons (Fsp3) is 0. The van der Waals surface area contributed by atoms with Gasteiger partial charge >= 0.3 is 0 Å². The van der Waals surface area contributed by atoms with Gasteiger partial charge in [0.1, 0.15) is 5.82 Å². The maximum atomic E-state index is 11.9. The smallest absolute Gasteiger partial charge is 0.263 e. The zero-order valence-electron chi connectivity index (χ0n) is 8.23. The van der Waals surface area contributed by atoms with Crippen LogP contribution in [0.1, 0.15) is 0 Å². The number of rotatable bonds is 4. The van der Waals surface area contributed by atoms with E-state index in [2.05, 4.69) is 29.9 Å². The van der Waals surface area contributed by atoms with Crippen LogP contribution < -0.4 is 16.0 Å². The molecule has 0 radical (unpaired) electrons. The first-order chi connectivity index (χ1) is 8.12. The largest absolute Gasteiger partial charge is 0.308 e. The van der Waals surface area contributed by atoms with E-state index in [1.165, 1.54) is 18.3 Å². The Morgan fingerprint density at radius 2 is 2.24 bits per heavy atom. The molecule has 0 saturated carbocycles. The van der Waals surface area contributed by atoms with Gasteiger partial charge in [-0.15, -0.1) is 0 Å². The summed E-state index contributed by atoms with van der Waals surface area (Å²) >= 11 is 0.836. The molecule has 4 N–H and O–H groups in total. The lowest BCUT2D eigenvalue weighted by molar-refractivity contribution is 0.601. The molecule has 0 amide bonds. The first-order valence-electron chi connectivity index (χ1n) is 4.22. The van der Waals surface area contributed by atoms with Crippen molar-refractivity contribution in [3.05, 3.63) is 18.3 Å². The van der Waals surface area contributed by atoms with Crippen molar-refractivity contribution >= 4 is 32.5 Å². The maximum absolute atomic E-state index is 11.9. The van der Waals surface area contributed by atoms with E-state index in [-0.39, 0.29) is 15.8 Å². The van der Waals surface area contributed by atoms with E-state index in [1.807, 2.05) is 0 Å². The molecule has 2 aromatic rings. The van der Waals surface area contributed by atoms with E-state index in [9.17, 15) is 8.42 Å². The number of aromatic nitrogens is 4. The number of nitrogen functional groups attached to an aromatic ring is 1. The zero-order chi connectivity index (χ0) is 12.3. The van der Waals surface area contributed by atoms with E-state index in [0.717, 1.165) is 11.5 Å². The fourth-order valence-corrected chi connectivity index (χ4v) is 2.60. The van der Waals surface area contributed by atoms with E-state index in [4.69, 9.17) is 5.84 Å². The third-order valence-electron chi connectivity index (χ3n) is 1.71. The Morgan fingerprint density at radius 1 is 1.41 bits per heavy atom. The molecule has 11 heteroatoms. The Morgan fingerprint density at radius 3 is 2.88 bits per heavy atom. The molecule has 2 heterocycles. The summed E-state index contributed by atoms with van der Waals surface area (Å²) in [5.74, 6) is 5.38. The van der Waals surface area contributed by atoms with E-state index >= 15 is 0 Å². The molecule has 0 spiro atoms. The van der Waals surface area contributed by atoms with Crippen LogP contribution in [0.4, 0.5) is 10.9 Å². The second-order valence-corrected chi connectivity index (χ2v) is 5.21. The average Bonchev–Trinajstić information content (AvgIpc) is 2.81. The van der Waals surface area contributed by atoms with Crippen molar-refractivity contribution in [2.45, 2.75) is 4.90 Å². The lowest BCUT2D eigenvalue weighted by Gasteiger charge is -2.05. The summed E-state index contributed by atoms with van der Waals surface area (Å²) < 4.78 is 29.4. The summed E-state index contributed by atoms with van der Waals surface area (Å²) in [5.41, 5.74) is 2.26. The summed E-state index contributed by atoms with van der Waals surface area (Å²) in [4.78, 5) is 3.81. The van der Waals surface area contributed by atoms with Crippen molar-refractivity contribution in [2.75, 3.05) is 10.1 Å². The second-order valence-electron chi connectivity index (χ2n) is 2.79. The van der Waals surface area contributed by atoms with Crippen LogP contribution in [0.2, 0.25) is 0 Å². The highest BCUT2D eigenvalue weighted by Crippen LogP contribution is 2.16. The van der Waals surface area contributed by atoms with Crippen LogP contribution in [0.25, 0.3) is 0 Å². The first-order valence-corrected chi connectivity index (χ1v) is 6.48. The normalized spacial score (nSPS) is 11.1. The van der Waals surface area contributed by atoms with Crippen molar-refractivity contribution in [3.63, 3.8) is 0 Å². The lowest BCUT2D eigenvalue weighted by Crippen LogP contribution is -2.14. The van der Waals surface area contributed by atoms with Crippen LogP contribution in [-0.4, -0.2) is 28.2 Å². The Labute approximate surface area is 100 Å². The minimum atomic E-state index is -3.73. The van der Waals surface area contributed by atoms with Gasteiger partial charge in [-0.05, 0) is 11.3 Å². The van der Waals surface area contributed by atoms with Crippen molar-refractivity contribution in [1.82, 2.24) is 19.8 Å². The second kappa shape index (κ2) is 4.57. The Bertz CT molecular complexity index is 597. The summed E-state index contributed by atoms with van der Waals surface area (Å²) in [6.07, 6.45) is 1.32. The molecule has 0 aliphatic carbocycles. The van der Waals surface area contributed by atoms with Gasteiger partial charge in [-0.3, -0.25) is 4.72 Å². The van der Waals surface area contributed by atoms with Crippen LogP contribution in [0.5, 0.6) is 0 Å². The van der Waals surface area contributed by atoms with Gasteiger partial charge in [0.15, 0.2) is 0 Å². The van der Waals surface area contributed by atoms with Crippen LogP contribution in [0, 0.1) is 0 Å². The van der Waals surface area contributed by atoms with E-state index in [1.54, 1.807) is 0 Å². The molecule has 2 aromatic heterocycles. The summed E-state index contributed by atoms with van der Waals surface area (Å²) in [7, 11) is -3.73. The topological polar surface area (TPSA) is 136 Å². The van der Waals surface area contributed by atoms with Crippen LogP contribution in [0.15, 0.2) is 23.2 Å². The highest BCUT2D eigenvalue weighted by atomic mass is 32.2. The maximum Gasteiger partial charge on any atom is 0.263 e. The molecule has 9 nitrogen and oxygen atoms in total. The molecule has 2 rings (SSSR count). The average molecular weight is 273 g/mol. The Balaban J connectivity index is 2.31. The standard InChI is InChI=1S/C6H7N7O2S2/c7-9-5-3-4(1-2-8-5)17(14,15)11-6-10-12-13-16-6/h1-3H,7H2,(H,8,9)(H,10,11,13). The number of hydrazine groups is 1. The number of nitrogens with one attached hydrogen (secondary N) is 2. The number of sulfonamides is 1. The molecule has 0 unspecified atom stereocenters. The minimum absolute atomic E-state index is 0.00986. The number of hydrogen-bond acceptors (Lipinski definition) is 9. The molecule has 90 valence electrons. The van der Waals surface area contributed by atoms with Crippen molar-refractivity contribution < 1.29 is 8.42 Å². The molecule has 0 aromatic carbocycles. The number of nitrogens with two attached hydrogens (primary N) is 1. The minimum Gasteiger partial charge on any atom is -0.308 e. The number of pyridine rings is 1. The van der Waals surface area contributed by atoms with Crippen LogP contribution >= 0.6 is 11.5 Å². The Kier molecular flexibility index (Phi) is 3.12. The van der Waals surface area contributed by atoms with Gasteiger partial charge in [0.05, 0.1) is 4.90 Å². The molecule has 0 aliphatic heterocycles. The SMILES string of the molecule is NNc1cc(S(=O)(=O)Nc2nnns2)ccn1. The van der Waals surface area contributed by atoms with Gasteiger partial charge in [-0.2, -0.15) is 0 Å². The molecule has 0 bridgehead atoms. The molecular formula is C6H7N7O2S2. The highest BCUT2D eigenvalue weighted by molar-refractivity contribution is 7.93. The summed E-state index contributed by atoms with van der Waals surface area (Å²) in [6, 6.07) is 2.62. The Hall–Kier alpha value is -1.85. The fourth-order valence-electron chi connectivity index (χ4n) is 1.00. The van der Waals surface area contributed by atoms with Gasteiger partial charge < -0.3 is 5.43 Å². The molecule has 0 saturated heterocycles. The third kappa shape index (κ3) is 2.64. The van der Waals surface area contributed by atoms with Gasteiger partial charge in [0.25, 0.3) is 10.0 Å². The van der Waals surface area contributed by atoms with E-state index < -0.39 is 10.0 Å². The third-order valence-corrected chi connectivity index (χ3v) is 3.69. The van der Waals surface area contributed by atoms with Crippen molar-refractivity contribution in [2.24, 2.45) is 5.84 Å². The van der Waals surface area contributed by atoms with Crippen molar-refractivity contribution in [3.8, 4) is 0 Å². The van der Waals surface area contributed by atoms with Gasteiger partial charge in [-0.1, -0.05) is 9.59 Å². The van der Waals surface area contributed by atoms with Gasteiger partial charge in [-0.25, -0.2) is 19.2 Å². The predicted molar refractivity (Wildman–Crippen MR) is 60.6 cm³/mol. The monoisotopic (exact) mass is 273 g/mol. The summed E-state index contributed by atoms with van der Waals surface area (Å²) in [5, 5.41) is 6.85. The van der Waals surface area contributed by atoms with Crippen LogP contribution in [0.3, 0.4) is 0 Å². The van der Waals surface area contributed by atoms with Gasteiger partial charge in [0, 0.05) is 23.8 Å². The predicted octanol–water partition coefficient (Wildman–Crippen LogP) is -0.586. The van der Waals surface area contributed by atoms with E-state index in [0.29, 0.717) is 0 Å². The first kappa shape index (κ1) is 11.6.